The highest BCUT2D eigenvalue weighted by molar-refractivity contribution is 6.32. The van der Waals surface area contributed by atoms with Gasteiger partial charge in [-0.25, -0.2) is 14.8 Å². The van der Waals surface area contributed by atoms with Gasteiger partial charge < -0.3 is 21.1 Å². The van der Waals surface area contributed by atoms with Gasteiger partial charge in [0.25, 0.3) is 0 Å². The number of halogens is 1. The summed E-state index contributed by atoms with van der Waals surface area (Å²) < 4.78 is 1.95. The number of hydrogen-bond acceptors (Lipinski definition) is 6. The van der Waals surface area contributed by atoms with Gasteiger partial charge in [0.2, 0.25) is 5.95 Å². The fourth-order valence-corrected chi connectivity index (χ4v) is 5.05. The fourth-order valence-electron chi connectivity index (χ4n) is 4.85. The molecule has 35 heavy (non-hydrogen) atoms. The Morgan fingerprint density at radius 3 is 2.49 bits per heavy atom. The number of hydrogen-bond donors (Lipinski definition) is 4. The van der Waals surface area contributed by atoms with E-state index in [0.29, 0.717) is 29.6 Å². The molecule has 2 aromatic heterocycles. The molecule has 2 heterocycles. The summed E-state index contributed by atoms with van der Waals surface area (Å²) in [5, 5.41) is 23.2. The maximum absolute atomic E-state index is 10.4. The number of anilines is 1. The third-order valence-corrected chi connectivity index (χ3v) is 7.39. The molecule has 0 radical (unpaired) electrons. The lowest BCUT2D eigenvalue weighted by atomic mass is 9.91. The Kier molecular flexibility index (Phi) is 9.20. The van der Waals surface area contributed by atoms with E-state index in [1.54, 1.807) is 6.20 Å². The molecular weight excluding hydrogens is 466 g/mol. The van der Waals surface area contributed by atoms with Crippen LogP contribution >= 0.6 is 11.6 Å². The van der Waals surface area contributed by atoms with Crippen LogP contribution in [0.1, 0.15) is 69.9 Å². The second-order valence-corrected chi connectivity index (χ2v) is 10.4. The first kappa shape index (κ1) is 25.7. The molecule has 192 valence electrons. The molecule has 2 aliphatic rings. The Labute approximate surface area is 212 Å². The molecule has 4 rings (SSSR count). The number of rotatable bonds is 13. The van der Waals surface area contributed by atoms with E-state index in [2.05, 4.69) is 26.0 Å². The zero-order valence-electron chi connectivity index (χ0n) is 20.6. The minimum Gasteiger partial charge on any atom is -0.465 e. The highest BCUT2D eigenvalue weighted by Crippen LogP contribution is 2.37. The lowest BCUT2D eigenvalue weighted by Gasteiger charge is -2.30. The summed E-state index contributed by atoms with van der Waals surface area (Å²) in [6, 6.07) is 0.924. The normalized spacial score (nSPS) is 20.1. The van der Waals surface area contributed by atoms with Crippen molar-refractivity contribution in [2.45, 2.75) is 82.7 Å². The van der Waals surface area contributed by atoms with Gasteiger partial charge in [0.1, 0.15) is 0 Å². The van der Waals surface area contributed by atoms with Crippen LogP contribution in [0.15, 0.2) is 12.4 Å². The molecule has 2 aliphatic carbocycles. The molecule has 2 fully saturated rings. The number of aryl methyl sites for hydroxylation is 1. The van der Waals surface area contributed by atoms with Crippen LogP contribution in [0, 0.1) is 5.92 Å². The first-order valence-corrected chi connectivity index (χ1v) is 13.4. The number of nitrogens with zero attached hydrogens (tertiary/aromatic N) is 4. The molecule has 1 amide bonds. The molecule has 9 nitrogen and oxygen atoms in total. The van der Waals surface area contributed by atoms with Crippen LogP contribution in [0.2, 0.25) is 5.02 Å². The van der Waals surface area contributed by atoms with Crippen molar-refractivity contribution in [2.75, 3.05) is 18.4 Å². The topological polar surface area (TPSA) is 117 Å². The molecule has 2 saturated carbocycles. The minimum absolute atomic E-state index is 0.364. The van der Waals surface area contributed by atoms with Gasteiger partial charge in [-0.15, -0.1) is 0 Å². The Morgan fingerprint density at radius 1 is 1.06 bits per heavy atom. The maximum Gasteiger partial charge on any atom is 0.404 e. The van der Waals surface area contributed by atoms with Gasteiger partial charge in [0.05, 0.1) is 23.1 Å². The van der Waals surface area contributed by atoms with Crippen molar-refractivity contribution in [1.82, 2.24) is 30.4 Å². The number of unbranched alkanes of at least 4 members (excludes halogenated alkanes) is 3. The molecular formula is C25H38ClN7O2. The molecule has 0 unspecified atom stereocenters. The summed E-state index contributed by atoms with van der Waals surface area (Å²) in [7, 11) is 1.99. The zero-order valence-corrected chi connectivity index (χ0v) is 21.4. The van der Waals surface area contributed by atoms with Crippen molar-refractivity contribution in [2.24, 2.45) is 13.0 Å². The average Bonchev–Trinajstić information content (AvgIpc) is 3.59. The SMILES string of the molecule is Cn1ncc(-c2nc(N[C@H]3CC[C@H](NCCCCCCNC(=O)O)CC3)ncc2Cl)c1CC1CC1. The van der Waals surface area contributed by atoms with Gasteiger partial charge in [-0.2, -0.15) is 5.10 Å². The Morgan fingerprint density at radius 2 is 1.77 bits per heavy atom. The summed E-state index contributed by atoms with van der Waals surface area (Å²) in [5.74, 6) is 1.40. The van der Waals surface area contributed by atoms with Gasteiger partial charge >= 0.3 is 6.09 Å². The Hall–Kier alpha value is -2.39. The molecule has 0 bridgehead atoms. The lowest BCUT2D eigenvalue weighted by molar-refractivity contribution is 0.194. The van der Waals surface area contributed by atoms with Crippen molar-refractivity contribution in [3.05, 3.63) is 23.1 Å². The molecule has 0 aromatic carbocycles. The summed E-state index contributed by atoms with van der Waals surface area (Å²) in [6.07, 6.45) is 14.9. The van der Waals surface area contributed by atoms with E-state index < -0.39 is 6.09 Å². The smallest absolute Gasteiger partial charge is 0.404 e. The van der Waals surface area contributed by atoms with Crippen LogP contribution in [0.4, 0.5) is 10.7 Å². The van der Waals surface area contributed by atoms with Gasteiger partial charge in [-0.1, -0.05) is 24.4 Å². The van der Waals surface area contributed by atoms with Crippen LogP contribution < -0.4 is 16.0 Å². The van der Waals surface area contributed by atoms with E-state index in [4.69, 9.17) is 21.7 Å². The van der Waals surface area contributed by atoms with Crippen LogP contribution in [-0.2, 0) is 13.5 Å². The number of nitrogens with one attached hydrogen (secondary N) is 3. The zero-order chi connectivity index (χ0) is 24.6. The summed E-state index contributed by atoms with van der Waals surface area (Å²) >= 11 is 6.51. The van der Waals surface area contributed by atoms with Crippen LogP contribution in [-0.4, -0.2) is 56.1 Å². The van der Waals surface area contributed by atoms with Crippen molar-refractivity contribution in [3.8, 4) is 11.3 Å². The van der Waals surface area contributed by atoms with Gasteiger partial charge in [0.15, 0.2) is 0 Å². The van der Waals surface area contributed by atoms with Crippen molar-refractivity contribution < 1.29 is 9.90 Å². The monoisotopic (exact) mass is 503 g/mol. The lowest BCUT2D eigenvalue weighted by Crippen LogP contribution is -2.37. The standard InChI is InChI=1S/C25H38ClN7O2/c1-33-22(14-17-6-7-17)20(15-30-33)23-21(26)16-29-24(32-23)31-19-10-8-18(9-11-19)27-12-4-2-3-5-13-28-25(34)35/h15-19,27-28H,2-14H2,1H3,(H,34,35)(H,29,31,32)/t18-,19-. The fraction of sp³-hybridized carbons (Fsp3) is 0.680. The van der Waals surface area contributed by atoms with E-state index in [-0.39, 0.29) is 0 Å². The van der Waals surface area contributed by atoms with E-state index in [9.17, 15) is 4.79 Å². The highest BCUT2D eigenvalue weighted by Gasteiger charge is 2.26. The predicted molar refractivity (Wildman–Crippen MR) is 138 cm³/mol. The second kappa shape index (κ2) is 12.5. The van der Waals surface area contributed by atoms with Gasteiger partial charge in [-0.3, -0.25) is 4.68 Å². The number of carbonyl (C=O) groups is 1. The minimum atomic E-state index is -0.939. The molecule has 0 aliphatic heterocycles. The van der Waals surface area contributed by atoms with Crippen LogP contribution in [0.5, 0.6) is 0 Å². The molecule has 0 saturated heterocycles. The second-order valence-electron chi connectivity index (χ2n) is 9.96. The molecule has 4 N–H and O–H groups in total. The predicted octanol–water partition coefficient (Wildman–Crippen LogP) is 4.62. The third kappa shape index (κ3) is 7.80. The molecule has 2 aromatic rings. The third-order valence-electron chi connectivity index (χ3n) is 7.11. The molecule has 0 atom stereocenters. The Balaban J connectivity index is 1.20. The number of carboxylic acid groups (broad SMARTS) is 1. The van der Waals surface area contributed by atoms with Crippen LogP contribution in [0.3, 0.4) is 0 Å². The van der Waals surface area contributed by atoms with Crippen LogP contribution in [0.25, 0.3) is 11.3 Å². The van der Waals surface area contributed by atoms with E-state index in [0.717, 1.165) is 81.5 Å². The quantitative estimate of drug-likeness (QED) is 0.294. The van der Waals surface area contributed by atoms with Crippen molar-refractivity contribution in [1.29, 1.82) is 0 Å². The molecule has 10 heteroatoms. The Bertz CT molecular complexity index is 971. The first-order chi connectivity index (χ1) is 17.0. The summed E-state index contributed by atoms with van der Waals surface area (Å²) in [6.45, 7) is 1.57. The number of amides is 1. The van der Waals surface area contributed by atoms with Crippen molar-refractivity contribution >= 4 is 23.6 Å². The van der Waals surface area contributed by atoms with E-state index in [1.807, 2.05) is 17.9 Å². The highest BCUT2D eigenvalue weighted by atomic mass is 35.5. The van der Waals surface area contributed by atoms with Gasteiger partial charge in [0, 0.05) is 36.9 Å². The van der Waals surface area contributed by atoms with E-state index in [1.165, 1.54) is 18.5 Å². The maximum atomic E-state index is 10.4. The summed E-state index contributed by atoms with van der Waals surface area (Å²) in [5.41, 5.74) is 2.98. The van der Waals surface area contributed by atoms with Crippen molar-refractivity contribution in [3.63, 3.8) is 0 Å². The number of aromatic nitrogens is 4. The largest absolute Gasteiger partial charge is 0.465 e. The summed E-state index contributed by atoms with van der Waals surface area (Å²) in [4.78, 5) is 19.7. The average molecular weight is 504 g/mol. The molecule has 0 spiro atoms. The van der Waals surface area contributed by atoms with Gasteiger partial charge in [-0.05, 0) is 70.3 Å². The van der Waals surface area contributed by atoms with E-state index >= 15 is 0 Å². The first-order valence-electron chi connectivity index (χ1n) is 13.0.